The molecule has 1 heterocycles. The van der Waals surface area contributed by atoms with E-state index in [0.717, 1.165) is 12.8 Å². The van der Waals surface area contributed by atoms with Crippen molar-refractivity contribution in [2.45, 2.75) is 26.2 Å². The summed E-state index contributed by atoms with van der Waals surface area (Å²) in [5.74, 6) is 0.366. The number of hydrogen-bond acceptors (Lipinski definition) is 4. The van der Waals surface area contributed by atoms with E-state index < -0.39 is 0 Å². The first kappa shape index (κ1) is 18.4. The van der Waals surface area contributed by atoms with Crippen LogP contribution in [0, 0.1) is 5.92 Å². The van der Waals surface area contributed by atoms with E-state index in [1.165, 1.54) is 14.2 Å². The molecule has 0 saturated carbocycles. The highest BCUT2D eigenvalue weighted by Crippen LogP contribution is 2.40. The number of ether oxygens (including phenoxy) is 2. The van der Waals surface area contributed by atoms with Gasteiger partial charge in [-0.15, -0.1) is 0 Å². The van der Waals surface area contributed by atoms with Crippen molar-refractivity contribution < 1.29 is 19.1 Å². The standard InChI is InChI=1S/C17H23ClN2O4/c1-4-5-6-19-17(22)11-7-16(21)20(10-11)13-9-14(23-2)12(18)8-15(13)24-3/h8-9,11H,4-7,10H2,1-3H3,(H,19,22). The molecule has 2 amide bonds. The zero-order chi connectivity index (χ0) is 17.7. The predicted octanol–water partition coefficient (Wildman–Crippen LogP) is 2.63. The maximum absolute atomic E-state index is 12.4. The first-order valence-corrected chi connectivity index (χ1v) is 8.39. The average molecular weight is 355 g/mol. The second kappa shape index (κ2) is 8.24. The van der Waals surface area contributed by atoms with Crippen molar-refractivity contribution in [2.24, 2.45) is 5.92 Å². The van der Waals surface area contributed by atoms with Crippen LogP contribution in [0.1, 0.15) is 26.2 Å². The Morgan fingerprint density at radius 3 is 2.67 bits per heavy atom. The summed E-state index contributed by atoms with van der Waals surface area (Å²) in [6, 6.07) is 3.27. The van der Waals surface area contributed by atoms with E-state index in [-0.39, 0.29) is 24.2 Å². The van der Waals surface area contributed by atoms with Gasteiger partial charge in [0.2, 0.25) is 11.8 Å². The Kier molecular flexibility index (Phi) is 6.31. The van der Waals surface area contributed by atoms with Gasteiger partial charge in [-0.05, 0) is 6.42 Å². The molecule has 1 fully saturated rings. The largest absolute Gasteiger partial charge is 0.495 e. The minimum atomic E-state index is -0.360. The Hall–Kier alpha value is -1.95. The van der Waals surface area contributed by atoms with Crippen LogP contribution in [-0.4, -0.2) is 39.1 Å². The Bertz CT molecular complexity index is 621. The van der Waals surface area contributed by atoms with Crippen LogP contribution in [0.3, 0.4) is 0 Å². The number of halogens is 1. The Labute approximate surface area is 147 Å². The molecule has 0 aromatic heterocycles. The molecule has 1 atom stereocenters. The Morgan fingerprint density at radius 1 is 1.33 bits per heavy atom. The van der Waals surface area contributed by atoms with Crippen LogP contribution in [0.25, 0.3) is 0 Å². The molecule has 1 unspecified atom stereocenters. The molecule has 24 heavy (non-hydrogen) atoms. The highest BCUT2D eigenvalue weighted by Gasteiger charge is 2.36. The van der Waals surface area contributed by atoms with Crippen molar-refractivity contribution in [1.82, 2.24) is 5.32 Å². The molecule has 1 aliphatic heterocycles. The molecule has 1 N–H and O–H groups in total. The summed E-state index contributed by atoms with van der Waals surface area (Å²) in [5, 5.41) is 3.28. The van der Waals surface area contributed by atoms with E-state index in [1.54, 1.807) is 17.0 Å². The summed E-state index contributed by atoms with van der Waals surface area (Å²) in [7, 11) is 3.02. The number of nitrogens with one attached hydrogen (secondary N) is 1. The van der Waals surface area contributed by atoms with Crippen LogP contribution in [0.4, 0.5) is 5.69 Å². The van der Waals surface area contributed by atoms with Gasteiger partial charge in [0.1, 0.15) is 11.5 Å². The van der Waals surface area contributed by atoms with E-state index in [1.807, 2.05) is 0 Å². The Balaban J connectivity index is 2.18. The maximum Gasteiger partial charge on any atom is 0.227 e. The number of anilines is 1. The number of carbonyl (C=O) groups excluding carboxylic acids is 2. The van der Waals surface area contributed by atoms with Gasteiger partial charge in [-0.3, -0.25) is 9.59 Å². The molecule has 0 bridgehead atoms. The number of unbranched alkanes of at least 4 members (excludes halogenated alkanes) is 1. The lowest BCUT2D eigenvalue weighted by molar-refractivity contribution is -0.126. The summed E-state index contributed by atoms with van der Waals surface area (Å²) in [6.45, 7) is 3.02. The lowest BCUT2D eigenvalue weighted by Gasteiger charge is -2.21. The van der Waals surface area contributed by atoms with E-state index >= 15 is 0 Å². The second-order valence-corrected chi connectivity index (χ2v) is 6.12. The summed E-state index contributed by atoms with van der Waals surface area (Å²) in [5.41, 5.74) is 0.563. The van der Waals surface area contributed by atoms with Gasteiger partial charge < -0.3 is 19.7 Å². The molecular weight excluding hydrogens is 332 g/mol. The molecule has 1 aromatic rings. The van der Waals surface area contributed by atoms with Gasteiger partial charge in [-0.1, -0.05) is 24.9 Å². The molecule has 6 nitrogen and oxygen atoms in total. The van der Waals surface area contributed by atoms with Crippen molar-refractivity contribution in [3.63, 3.8) is 0 Å². The predicted molar refractivity (Wildman–Crippen MR) is 92.9 cm³/mol. The highest BCUT2D eigenvalue weighted by atomic mass is 35.5. The topological polar surface area (TPSA) is 67.9 Å². The lowest BCUT2D eigenvalue weighted by Crippen LogP contribution is -2.33. The SMILES string of the molecule is CCCCNC(=O)C1CC(=O)N(c2cc(OC)c(Cl)cc2OC)C1. The van der Waals surface area contributed by atoms with Crippen molar-refractivity contribution in [3.05, 3.63) is 17.2 Å². The van der Waals surface area contributed by atoms with Crippen molar-refractivity contribution in [1.29, 1.82) is 0 Å². The fourth-order valence-corrected chi connectivity index (χ4v) is 2.93. The fourth-order valence-electron chi connectivity index (χ4n) is 2.70. The quantitative estimate of drug-likeness (QED) is 0.764. The van der Waals surface area contributed by atoms with Crippen LogP contribution < -0.4 is 19.7 Å². The van der Waals surface area contributed by atoms with Crippen LogP contribution in [0.15, 0.2) is 12.1 Å². The Morgan fingerprint density at radius 2 is 2.04 bits per heavy atom. The zero-order valence-corrected chi connectivity index (χ0v) is 15.0. The van der Waals surface area contributed by atoms with Gasteiger partial charge in [0, 0.05) is 31.6 Å². The summed E-state index contributed by atoms with van der Waals surface area (Å²) >= 11 is 6.10. The summed E-state index contributed by atoms with van der Waals surface area (Å²) in [6.07, 6.45) is 2.13. The zero-order valence-electron chi connectivity index (χ0n) is 14.2. The van der Waals surface area contributed by atoms with Crippen LogP contribution in [-0.2, 0) is 9.59 Å². The third-order valence-corrected chi connectivity index (χ3v) is 4.36. The number of hydrogen-bond donors (Lipinski definition) is 1. The highest BCUT2D eigenvalue weighted by molar-refractivity contribution is 6.32. The molecule has 0 spiro atoms. The minimum absolute atomic E-state index is 0.0841. The lowest BCUT2D eigenvalue weighted by atomic mass is 10.1. The number of rotatable bonds is 7. The van der Waals surface area contributed by atoms with E-state index in [4.69, 9.17) is 21.1 Å². The molecular formula is C17H23ClN2O4. The van der Waals surface area contributed by atoms with Crippen LogP contribution in [0.2, 0.25) is 5.02 Å². The van der Waals surface area contributed by atoms with Gasteiger partial charge in [-0.2, -0.15) is 0 Å². The number of methoxy groups -OCH3 is 2. The minimum Gasteiger partial charge on any atom is -0.495 e. The second-order valence-electron chi connectivity index (χ2n) is 5.71. The molecule has 1 saturated heterocycles. The van der Waals surface area contributed by atoms with Gasteiger partial charge in [0.15, 0.2) is 0 Å². The smallest absolute Gasteiger partial charge is 0.227 e. The molecule has 7 heteroatoms. The van der Waals surface area contributed by atoms with Crippen molar-refractivity contribution in [3.8, 4) is 11.5 Å². The number of amides is 2. The molecule has 0 radical (unpaired) electrons. The van der Waals surface area contributed by atoms with Gasteiger partial charge >= 0.3 is 0 Å². The maximum atomic E-state index is 12.4. The summed E-state index contributed by atoms with van der Waals surface area (Å²) in [4.78, 5) is 26.2. The number of nitrogens with zero attached hydrogens (tertiary/aromatic N) is 1. The molecule has 0 aliphatic carbocycles. The average Bonchev–Trinajstić information content (AvgIpc) is 2.96. The molecule has 1 aromatic carbocycles. The van der Waals surface area contributed by atoms with E-state index in [2.05, 4.69) is 12.2 Å². The molecule has 2 rings (SSSR count). The van der Waals surface area contributed by atoms with Gasteiger partial charge in [0.05, 0.1) is 30.8 Å². The van der Waals surface area contributed by atoms with Gasteiger partial charge in [-0.25, -0.2) is 0 Å². The fraction of sp³-hybridized carbons (Fsp3) is 0.529. The number of carbonyl (C=O) groups is 2. The van der Waals surface area contributed by atoms with Crippen LogP contribution in [0.5, 0.6) is 11.5 Å². The molecule has 1 aliphatic rings. The first-order valence-electron chi connectivity index (χ1n) is 8.01. The van der Waals surface area contributed by atoms with E-state index in [9.17, 15) is 9.59 Å². The van der Waals surface area contributed by atoms with Gasteiger partial charge in [0.25, 0.3) is 0 Å². The van der Waals surface area contributed by atoms with Crippen molar-refractivity contribution >= 4 is 29.1 Å². The van der Waals surface area contributed by atoms with Crippen LogP contribution >= 0.6 is 11.6 Å². The third-order valence-electron chi connectivity index (χ3n) is 4.07. The monoisotopic (exact) mass is 354 g/mol. The summed E-state index contributed by atoms with van der Waals surface area (Å²) < 4.78 is 10.5. The van der Waals surface area contributed by atoms with Crippen molar-refractivity contribution in [2.75, 3.05) is 32.2 Å². The normalized spacial score (nSPS) is 17.1. The van der Waals surface area contributed by atoms with E-state index in [0.29, 0.717) is 35.3 Å². The number of benzene rings is 1. The first-order chi connectivity index (χ1) is 11.5. The third kappa shape index (κ3) is 3.93. The molecule has 132 valence electrons.